The fourth-order valence-corrected chi connectivity index (χ4v) is 5.63. The Bertz CT molecular complexity index is 1040. The number of esters is 1. The quantitative estimate of drug-likeness (QED) is 0.618. The van der Waals surface area contributed by atoms with Crippen molar-refractivity contribution in [1.29, 1.82) is 0 Å². The van der Waals surface area contributed by atoms with Gasteiger partial charge in [0.15, 0.2) is 0 Å². The molecule has 7 heteroatoms. The lowest BCUT2D eigenvalue weighted by Crippen LogP contribution is -2.54. The maximum absolute atomic E-state index is 13.7. The Morgan fingerprint density at radius 2 is 1.63 bits per heavy atom. The molecule has 30 heavy (non-hydrogen) atoms. The molecule has 3 aliphatic heterocycles. The lowest BCUT2D eigenvalue weighted by Gasteiger charge is -2.33. The Morgan fingerprint density at radius 3 is 2.27 bits per heavy atom. The van der Waals surface area contributed by atoms with Crippen molar-refractivity contribution >= 4 is 23.5 Å². The third kappa shape index (κ3) is 2.21. The molecular formula is C23H22N2O5. The van der Waals surface area contributed by atoms with Gasteiger partial charge in [0.25, 0.3) is 0 Å². The van der Waals surface area contributed by atoms with Crippen molar-refractivity contribution in [3.05, 3.63) is 60.2 Å². The first kappa shape index (κ1) is 18.8. The minimum atomic E-state index is -1.21. The lowest BCUT2D eigenvalue weighted by atomic mass is 9.65. The predicted octanol–water partition coefficient (Wildman–Crippen LogP) is 2.01. The van der Waals surface area contributed by atoms with Crippen LogP contribution in [0.1, 0.15) is 18.4 Å². The van der Waals surface area contributed by atoms with Crippen molar-refractivity contribution in [2.45, 2.75) is 23.9 Å². The first-order valence-electron chi connectivity index (χ1n) is 9.94. The van der Waals surface area contributed by atoms with E-state index in [-0.39, 0.29) is 11.8 Å². The average molecular weight is 406 g/mol. The van der Waals surface area contributed by atoms with Gasteiger partial charge in [-0.2, -0.15) is 0 Å². The number of nitrogens with one attached hydrogen (secondary N) is 1. The van der Waals surface area contributed by atoms with Crippen LogP contribution in [0.5, 0.6) is 5.75 Å². The van der Waals surface area contributed by atoms with E-state index < -0.39 is 28.9 Å². The van der Waals surface area contributed by atoms with Crippen LogP contribution in [0.3, 0.4) is 0 Å². The number of hydrogen-bond donors (Lipinski definition) is 1. The number of nitrogens with zero attached hydrogens (tertiary/aromatic N) is 1. The van der Waals surface area contributed by atoms with Crippen LogP contribution in [-0.4, -0.2) is 37.5 Å². The molecule has 4 atom stereocenters. The number of fused-ring (bicyclic) bond motifs is 5. The smallest absolute Gasteiger partial charge is 0.326 e. The van der Waals surface area contributed by atoms with Gasteiger partial charge in [0.1, 0.15) is 11.3 Å². The van der Waals surface area contributed by atoms with Gasteiger partial charge in [-0.3, -0.25) is 19.7 Å². The molecule has 0 aromatic heterocycles. The molecule has 3 fully saturated rings. The molecule has 0 spiro atoms. The van der Waals surface area contributed by atoms with E-state index in [1.165, 1.54) is 12.0 Å². The number of anilines is 1. The molecule has 0 radical (unpaired) electrons. The molecule has 0 unspecified atom stereocenters. The lowest BCUT2D eigenvalue weighted by molar-refractivity contribution is -0.152. The molecule has 154 valence electrons. The molecule has 2 aromatic carbocycles. The first-order chi connectivity index (χ1) is 14.5. The first-order valence-corrected chi connectivity index (χ1v) is 9.94. The second-order valence-corrected chi connectivity index (χ2v) is 8.09. The molecule has 3 aliphatic rings. The summed E-state index contributed by atoms with van der Waals surface area (Å²) in [5.74, 6) is -2.02. The van der Waals surface area contributed by atoms with Gasteiger partial charge in [0.05, 0.1) is 37.3 Å². The number of methoxy groups -OCH3 is 2. The number of benzene rings is 2. The molecule has 2 aromatic rings. The predicted molar refractivity (Wildman–Crippen MR) is 108 cm³/mol. The van der Waals surface area contributed by atoms with Crippen molar-refractivity contribution < 1.29 is 23.9 Å². The summed E-state index contributed by atoms with van der Waals surface area (Å²) in [7, 11) is 2.87. The number of carbonyl (C=O) groups excluding carboxylic acids is 3. The molecule has 0 aliphatic carbocycles. The minimum Gasteiger partial charge on any atom is -0.497 e. The summed E-state index contributed by atoms with van der Waals surface area (Å²) in [6.45, 7) is 0. The van der Waals surface area contributed by atoms with Gasteiger partial charge in [0, 0.05) is 0 Å². The normalized spacial score (nSPS) is 31.7. The second-order valence-electron chi connectivity index (χ2n) is 8.09. The van der Waals surface area contributed by atoms with Gasteiger partial charge < -0.3 is 9.47 Å². The number of ether oxygens (including phenoxy) is 2. The van der Waals surface area contributed by atoms with Crippen LogP contribution in [0.4, 0.5) is 5.69 Å². The SMILES string of the molecule is COC(=O)[C@]12CC[C@](c3ccccc3)(N1)[C@@H]1C(=O)N(c3ccc(OC)cc3)C(=O)[C@@H]12. The second kappa shape index (κ2) is 6.40. The van der Waals surface area contributed by atoms with Crippen LogP contribution in [0.25, 0.3) is 0 Å². The summed E-state index contributed by atoms with van der Waals surface area (Å²) in [6.07, 6.45) is 1.01. The largest absolute Gasteiger partial charge is 0.497 e. The van der Waals surface area contributed by atoms with Crippen LogP contribution in [0.2, 0.25) is 0 Å². The average Bonchev–Trinajstić information content (AvgIpc) is 3.42. The zero-order chi connectivity index (χ0) is 21.1. The zero-order valence-corrected chi connectivity index (χ0v) is 16.8. The molecule has 5 rings (SSSR count). The maximum atomic E-state index is 13.7. The van der Waals surface area contributed by atoms with Crippen molar-refractivity contribution in [2.75, 3.05) is 19.1 Å². The Morgan fingerprint density at radius 1 is 0.967 bits per heavy atom. The summed E-state index contributed by atoms with van der Waals surface area (Å²) >= 11 is 0. The van der Waals surface area contributed by atoms with Gasteiger partial charge >= 0.3 is 5.97 Å². The summed E-state index contributed by atoms with van der Waals surface area (Å²) in [5, 5.41) is 3.41. The van der Waals surface area contributed by atoms with Gasteiger partial charge in [-0.15, -0.1) is 0 Å². The Hall–Kier alpha value is -3.19. The van der Waals surface area contributed by atoms with Crippen LogP contribution in [-0.2, 0) is 24.7 Å². The van der Waals surface area contributed by atoms with E-state index in [4.69, 9.17) is 9.47 Å². The number of imide groups is 1. The summed E-state index contributed by atoms with van der Waals surface area (Å²) in [5.41, 5.74) is -0.610. The van der Waals surface area contributed by atoms with Crippen LogP contribution in [0, 0.1) is 11.8 Å². The highest BCUT2D eigenvalue weighted by Gasteiger charge is 2.77. The van der Waals surface area contributed by atoms with E-state index in [2.05, 4.69) is 5.32 Å². The summed E-state index contributed by atoms with van der Waals surface area (Å²) in [4.78, 5) is 41.3. The van der Waals surface area contributed by atoms with Gasteiger partial charge in [-0.1, -0.05) is 30.3 Å². The topological polar surface area (TPSA) is 84.9 Å². The molecule has 7 nitrogen and oxygen atoms in total. The minimum absolute atomic E-state index is 0.294. The van der Waals surface area contributed by atoms with E-state index in [1.807, 2.05) is 30.3 Å². The Labute approximate surface area is 174 Å². The van der Waals surface area contributed by atoms with Crippen LogP contribution < -0.4 is 15.0 Å². The zero-order valence-electron chi connectivity index (χ0n) is 16.8. The van der Waals surface area contributed by atoms with Gasteiger partial charge in [-0.25, -0.2) is 4.90 Å². The van der Waals surface area contributed by atoms with E-state index in [9.17, 15) is 14.4 Å². The van der Waals surface area contributed by atoms with E-state index in [0.717, 1.165) is 5.56 Å². The third-order valence-corrected chi connectivity index (χ3v) is 6.90. The van der Waals surface area contributed by atoms with Gasteiger partial charge in [0.2, 0.25) is 11.8 Å². The summed E-state index contributed by atoms with van der Waals surface area (Å²) < 4.78 is 10.3. The van der Waals surface area contributed by atoms with Crippen molar-refractivity contribution in [1.82, 2.24) is 5.32 Å². The number of carbonyl (C=O) groups is 3. The molecule has 3 heterocycles. The van der Waals surface area contributed by atoms with Gasteiger partial charge in [-0.05, 0) is 42.7 Å². The molecule has 3 saturated heterocycles. The highest BCUT2D eigenvalue weighted by molar-refractivity contribution is 6.24. The van der Waals surface area contributed by atoms with Crippen molar-refractivity contribution in [3.8, 4) is 5.75 Å². The maximum Gasteiger partial charge on any atom is 0.326 e. The third-order valence-electron chi connectivity index (χ3n) is 6.90. The number of hydrogen-bond acceptors (Lipinski definition) is 6. The Balaban J connectivity index is 1.65. The Kier molecular flexibility index (Phi) is 4.02. The van der Waals surface area contributed by atoms with Crippen LogP contribution >= 0.6 is 0 Å². The molecular weight excluding hydrogens is 384 g/mol. The standard InChI is InChI=1S/C23H22N2O5/c1-29-16-10-8-15(9-11-16)25-19(26)17-18(20(25)27)23(21(28)30-2)13-12-22(17,24-23)14-6-4-3-5-7-14/h3-11,17-18,24H,12-13H2,1-2H3/t17-,18+,22+,23+/m0/s1. The van der Waals surface area contributed by atoms with E-state index in [0.29, 0.717) is 24.3 Å². The fourth-order valence-electron chi connectivity index (χ4n) is 5.63. The molecule has 2 amide bonds. The van der Waals surface area contributed by atoms with E-state index >= 15 is 0 Å². The number of rotatable bonds is 4. The fraction of sp³-hybridized carbons (Fsp3) is 0.348. The molecule has 0 saturated carbocycles. The van der Waals surface area contributed by atoms with Crippen molar-refractivity contribution in [2.24, 2.45) is 11.8 Å². The van der Waals surface area contributed by atoms with Crippen LogP contribution in [0.15, 0.2) is 54.6 Å². The molecule has 1 N–H and O–H groups in total. The molecule has 2 bridgehead atoms. The highest BCUT2D eigenvalue weighted by atomic mass is 16.5. The highest BCUT2D eigenvalue weighted by Crippen LogP contribution is 2.61. The number of amides is 2. The monoisotopic (exact) mass is 406 g/mol. The van der Waals surface area contributed by atoms with E-state index in [1.54, 1.807) is 31.4 Å². The summed E-state index contributed by atoms with van der Waals surface area (Å²) in [6, 6.07) is 16.4. The van der Waals surface area contributed by atoms with Crippen molar-refractivity contribution in [3.63, 3.8) is 0 Å².